The molecule has 1 fully saturated rings. The fourth-order valence-corrected chi connectivity index (χ4v) is 4.27. The second kappa shape index (κ2) is 11.0. The molecule has 0 bridgehead atoms. The SMILES string of the molecule is CCNC(=NCCCc1c[nH]c2ccccc12)NC1CCN(Cc2ccccn2)CC1. The Morgan fingerprint density at radius 1 is 1.16 bits per heavy atom. The van der Waals surface area contributed by atoms with Gasteiger partial charge >= 0.3 is 0 Å². The first-order valence-corrected chi connectivity index (χ1v) is 11.5. The van der Waals surface area contributed by atoms with Gasteiger partial charge in [-0.3, -0.25) is 14.9 Å². The zero-order valence-corrected chi connectivity index (χ0v) is 18.5. The molecule has 164 valence electrons. The summed E-state index contributed by atoms with van der Waals surface area (Å²) in [5.41, 5.74) is 3.74. The predicted octanol–water partition coefficient (Wildman–Crippen LogP) is 3.72. The molecule has 0 spiro atoms. The number of benzene rings is 1. The van der Waals surface area contributed by atoms with E-state index in [9.17, 15) is 0 Å². The van der Waals surface area contributed by atoms with Crippen LogP contribution >= 0.6 is 0 Å². The number of hydrogen-bond donors (Lipinski definition) is 3. The Kier molecular flexibility index (Phi) is 7.56. The Hall–Kier alpha value is -2.86. The third kappa shape index (κ3) is 6.07. The van der Waals surface area contributed by atoms with Gasteiger partial charge in [-0.05, 0) is 56.4 Å². The molecule has 0 amide bonds. The van der Waals surface area contributed by atoms with E-state index in [0.29, 0.717) is 6.04 Å². The molecule has 0 aliphatic carbocycles. The number of rotatable bonds is 8. The first-order valence-electron chi connectivity index (χ1n) is 11.5. The number of aryl methyl sites for hydroxylation is 1. The molecule has 4 rings (SSSR count). The third-order valence-electron chi connectivity index (χ3n) is 5.93. The van der Waals surface area contributed by atoms with Gasteiger partial charge in [0.25, 0.3) is 0 Å². The maximum absolute atomic E-state index is 4.83. The van der Waals surface area contributed by atoms with E-state index in [1.807, 2.05) is 12.3 Å². The molecule has 2 aromatic heterocycles. The van der Waals surface area contributed by atoms with Crippen molar-refractivity contribution in [3.63, 3.8) is 0 Å². The minimum Gasteiger partial charge on any atom is -0.361 e. The number of guanidine groups is 1. The third-order valence-corrected chi connectivity index (χ3v) is 5.93. The molecule has 6 nitrogen and oxygen atoms in total. The second-order valence-corrected chi connectivity index (χ2v) is 8.24. The summed E-state index contributed by atoms with van der Waals surface area (Å²) < 4.78 is 0. The number of para-hydroxylation sites is 1. The van der Waals surface area contributed by atoms with Gasteiger partial charge in [0.15, 0.2) is 5.96 Å². The lowest BCUT2D eigenvalue weighted by Crippen LogP contribution is -2.48. The molecule has 0 unspecified atom stereocenters. The highest BCUT2D eigenvalue weighted by Crippen LogP contribution is 2.19. The maximum atomic E-state index is 4.83. The van der Waals surface area contributed by atoms with Crippen molar-refractivity contribution in [1.82, 2.24) is 25.5 Å². The number of nitrogens with one attached hydrogen (secondary N) is 3. The summed E-state index contributed by atoms with van der Waals surface area (Å²) in [6, 6.07) is 15.1. The van der Waals surface area contributed by atoms with E-state index in [2.05, 4.69) is 75.0 Å². The summed E-state index contributed by atoms with van der Waals surface area (Å²) in [6.07, 6.45) is 8.36. The Balaban J connectivity index is 1.22. The van der Waals surface area contributed by atoms with Crippen LogP contribution in [0.25, 0.3) is 10.9 Å². The summed E-state index contributed by atoms with van der Waals surface area (Å²) in [7, 11) is 0. The number of pyridine rings is 1. The van der Waals surface area contributed by atoms with E-state index >= 15 is 0 Å². The summed E-state index contributed by atoms with van der Waals surface area (Å²) in [6.45, 7) is 6.96. The topological polar surface area (TPSA) is 68.3 Å². The van der Waals surface area contributed by atoms with Gasteiger partial charge in [-0.1, -0.05) is 24.3 Å². The van der Waals surface area contributed by atoms with Crippen molar-refractivity contribution in [1.29, 1.82) is 0 Å². The average Bonchev–Trinajstić information content (AvgIpc) is 3.22. The molecule has 31 heavy (non-hydrogen) atoms. The highest BCUT2D eigenvalue weighted by Gasteiger charge is 2.20. The lowest BCUT2D eigenvalue weighted by atomic mass is 10.0. The predicted molar refractivity (Wildman–Crippen MR) is 128 cm³/mol. The quantitative estimate of drug-likeness (QED) is 0.296. The average molecular weight is 419 g/mol. The van der Waals surface area contributed by atoms with Crippen molar-refractivity contribution in [2.75, 3.05) is 26.2 Å². The number of aliphatic imine (C=N–C) groups is 1. The molecule has 3 N–H and O–H groups in total. The van der Waals surface area contributed by atoms with E-state index in [1.165, 1.54) is 16.5 Å². The molecule has 1 aromatic carbocycles. The van der Waals surface area contributed by atoms with E-state index in [4.69, 9.17) is 4.99 Å². The zero-order valence-electron chi connectivity index (χ0n) is 18.5. The molecule has 1 aliphatic heterocycles. The number of aromatic nitrogens is 2. The molecule has 3 aromatic rings. The van der Waals surface area contributed by atoms with Gasteiger partial charge in [0.1, 0.15) is 0 Å². The van der Waals surface area contributed by atoms with E-state index in [-0.39, 0.29) is 0 Å². The highest BCUT2D eigenvalue weighted by molar-refractivity contribution is 5.83. The summed E-state index contributed by atoms with van der Waals surface area (Å²) in [4.78, 5) is 15.1. The highest BCUT2D eigenvalue weighted by atomic mass is 15.2. The van der Waals surface area contributed by atoms with Crippen LogP contribution in [0, 0.1) is 0 Å². The molecular weight excluding hydrogens is 384 g/mol. The van der Waals surface area contributed by atoms with E-state index in [1.54, 1.807) is 0 Å². The molecule has 1 aliphatic rings. The second-order valence-electron chi connectivity index (χ2n) is 8.24. The molecule has 3 heterocycles. The van der Waals surface area contributed by atoms with Gasteiger partial charge in [-0.25, -0.2) is 0 Å². The van der Waals surface area contributed by atoms with E-state index in [0.717, 1.165) is 70.1 Å². The number of hydrogen-bond acceptors (Lipinski definition) is 3. The van der Waals surface area contributed by atoms with Crippen LogP contribution in [0.3, 0.4) is 0 Å². The molecule has 0 saturated carbocycles. The Morgan fingerprint density at radius 2 is 2.00 bits per heavy atom. The minimum absolute atomic E-state index is 0.478. The molecule has 0 radical (unpaired) electrons. The van der Waals surface area contributed by atoms with Crippen LogP contribution in [-0.2, 0) is 13.0 Å². The number of fused-ring (bicyclic) bond motifs is 1. The van der Waals surface area contributed by atoms with Crippen LogP contribution in [0.15, 0.2) is 59.9 Å². The number of likely N-dealkylation sites (tertiary alicyclic amines) is 1. The molecule has 1 saturated heterocycles. The summed E-state index contributed by atoms with van der Waals surface area (Å²) in [5.74, 6) is 0.949. The van der Waals surface area contributed by atoms with Crippen LogP contribution < -0.4 is 10.6 Å². The number of nitrogens with zero attached hydrogens (tertiary/aromatic N) is 3. The van der Waals surface area contributed by atoms with Crippen LogP contribution in [0.5, 0.6) is 0 Å². The van der Waals surface area contributed by atoms with Gasteiger partial charge in [0.05, 0.1) is 5.69 Å². The lowest BCUT2D eigenvalue weighted by molar-refractivity contribution is 0.196. The van der Waals surface area contributed by atoms with Crippen molar-refractivity contribution in [2.45, 2.75) is 45.2 Å². The van der Waals surface area contributed by atoms with Crippen LogP contribution in [-0.4, -0.2) is 53.0 Å². The molecular formula is C25H34N6. The van der Waals surface area contributed by atoms with Crippen LogP contribution in [0.2, 0.25) is 0 Å². The fourth-order valence-electron chi connectivity index (χ4n) is 4.27. The molecule has 6 heteroatoms. The number of piperidine rings is 1. The first-order chi connectivity index (χ1) is 15.3. The van der Waals surface area contributed by atoms with Crippen molar-refractivity contribution < 1.29 is 0 Å². The van der Waals surface area contributed by atoms with Gasteiger partial charge in [-0.2, -0.15) is 0 Å². The summed E-state index contributed by atoms with van der Waals surface area (Å²) >= 11 is 0. The van der Waals surface area contributed by atoms with Crippen molar-refractivity contribution >= 4 is 16.9 Å². The monoisotopic (exact) mass is 418 g/mol. The smallest absolute Gasteiger partial charge is 0.191 e. The van der Waals surface area contributed by atoms with Gasteiger partial charge < -0.3 is 15.6 Å². The first kappa shape index (κ1) is 21.4. The van der Waals surface area contributed by atoms with E-state index < -0.39 is 0 Å². The maximum Gasteiger partial charge on any atom is 0.191 e. The van der Waals surface area contributed by atoms with Gasteiger partial charge in [0.2, 0.25) is 0 Å². The zero-order chi connectivity index (χ0) is 21.3. The van der Waals surface area contributed by atoms with Crippen molar-refractivity contribution in [3.8, 4) is 0 Å². The van der Waals surface area contributed by atoms with Crippen molar-refractivity contribution in [2.24, 2.45) is 4.99 Å². The van der Waals surface area contributed by atoms with Crippen LogP contribution in [0.4, 0.5) is 0 Å². The lowest BCUT2D eigenvalue weighted by Gasteiger charge is -2.32. The van der Waals surface area contributed by atoms with Gasteiger partial charge in [-0.15, -0.1) is 0 Å². The Morgan fingerprint density at radius 3 is 2.81 bits per heavy atom. The van der Waals surface area contributed by atoms with Gasteiger partial charge in [0, 0.05) is 62.1 Å². The number of H-pyrrole nitrogens is 1. The van der Waals surface area contributed by atoms with Crippen molar-refractivity contribution in [3.05, 3.63) is 66.1 Å². The number of aromatic amines is 1. The Labute approximate surface area is 185 Å². The largest absolute Gasteiger partial charge is 0.361 e. The molecule has 0 atom stereocenters. The van der Waals surface area contributed by atoms with Crippen LogP contribution in [0.1, 0.15) is 37.4 Å². The summed E-state index contributed by atoms with van der Waals surface area (Å²) in [5, 5.41) is 8.40. The normalized spacial score (nSPS) is 16.0. The fraction of sp³-hybridized carbons (Fsp3) is 0.440. The Bertz CT molecular complexity index is 956. The standard InChI is InChI=1S/C25H34N6/c1-2-26-25(28-15-7-8-20-18-29-24-11-4-3-10-23(20)24)30-21-12-16-31(17-13-21)19-22-9-5-6-14-27-22/h3-6,9-11,14,18,21,29H,2,7-8,12-13,15-17,19H2,1H3,(H2,26,28,30). The minimum atomic E-state index is 0.478.